The lowest BCUT2D eigenvalue weighted by Gasteiger charge is -2.24. The highest BCUT2D eigenvalue weighted by atomic mass is 19.1. The van der Waals surface area contributed by atoms with E-state index in [0.29, 0.717) is 6.54 Å². The quantitative estimate of drug-likeness (QED) is 0.414. The molecule has 0 aliphatic heterocycles. The van der Waals surface area contributed by atoms with Crippen LogP contribution in [0.4, 0.5) is 14.7 Å². The maximum Gasteiger partial charge on any atom is 0.252 e. The molecule has 178 valence electrons. The van der Waals surface area contributed by atoms with Gasteiger partial charge in [-0.3, -0.25) is 14.9 Å². The predicted molar refractivity (Wildman–Crippen MR) is 128 cm³/mol. The number of carbonyl (C=O) groups is 2. The van der Waals surface area contributed by atoms with Gasteiger partial charge in [0.1, 0.15) is 17.2 Å². The highest BCUT2D eigenvalue weighted by molar-refractivity contribution is 6.02. The lowest BCUT2D eigenvalue weighted by Crippen LogP contribution is -2.52. The van der Waals surface area contributed by atoms with Crippen LogP contribution in [-0.2, 0) is 11.3 Å². The molecule has 2 N–H and O–H groups in total. The van der Waals surface area contributed by atoms with Crippen LogP contribution in [-0.4, -0.2) is 32.1 Å². The van der Waals surface area contributed by atoms with Gasteiger partial charge in [-0.1, -0.05) is 42.5 Å². The summed E-state index contributed by atoms with van der Waals surface area (Å²) >= 11 is 0. The average molecular weight is 475 g/mol. The third kappa shape index (κ3) is 5.57. The molecule has 0 saturated heterocycles. The van der Waals surface area contributed by atoms with Crippen LogP contribution in [0.2, 0.25) is 0 Å². The summed E-state index contributed by atoms with van der Waals surface area (Å²) in [5.74, 6) is -1.85. The van der Waals surface area contributed by atoms with E-state index in [1.54, 1.807) is 18.2 Å². The average Bonchev–Trinajstić information content (AvgIpc) is 3.21. The molecular formula is C26H23F2N5O2. The molecule has 4 aromatic rings. The summed E-state index contributed by atoms with van der Waals surface area (Å²) in [6, 6.07) is 20.6. The molecule has 35 heavy (non-hydrogen) atoms. The van der Waals surface area contributed by atoms with Crippen LogP contribution in [0.5, 0.6) is 0 Å². The van der Waals surface area contributed by atoms with E-state index in [1.807, 2.05) is 30.3 Å². The molecule has 3 aromatic carbocycles. The highest BCUT2D eigenvalue weighted by Crippen LogP contribution is 2.23. The molecule has 0 spiro atoms. The number of hydrogen-bond acceptors (Lipinski definition) is 4. The van der Waals surface area contributed by atoms with Crippen molar-refractivity contribution in [3.63, 3.8) is 0 Å². The van der Waals surface area contributed by atoms with Gasteiger partial charge in [-0.2, -0.15) is 4.98 Å². The van der Waals surface area contributed by atoms with Crippen molar-refractivity contribution in [3.05, 3.63) is 102 Å². The second-order valence-corrected chi connectivity index (χ2v) is 8.42. The van der Waals surface area contributed by atoms with Crippen LogP contribution < -0.4 is 10.6 Å². The molecule has 0 bridgehead atoms. The fourth-order valence-corrected chi connectivity index (χ4v) is 3.38. The Kier molecular flexibility index (Phi) is 6.68. The fraction of sp³-hybridized carbons (Fsp3) is 0.154. The van der Waals surface area contributed by atoms with Crippen molar-refractivity contribution in [3.8, 4) is 11.4 Å². The molecule has 0 fully saturated rings. The summed E-state index contributed by atoms with van der Waals surface area (Å²) in [5, 5.41) is 9.60. The van der Waals surface area contributed by atoms with Crippen LogP contribution in [0.25, 0.3) is 11.4 Å². The number of hydrogen-bond donors (Lipinski definition) is 2. The second kappa shape index (κ2) is 9.84. The minimum absolute atomic E-state index is 0.0340. The number of halogens is 2. The van der Waals surface area contributed by atoms with Crippen molar-refractivity contribution in [1.29, 1.82) is 0 Å². The maximum atomic E-state index is 14.5. The second-order valence-electron chi connectivity index (χ2n) is 8.42. The monoisotopic (exact) mass is 475 g/mol. The van der Waals surface area contributed by atoms with E-state index in [9.17, 15) is 18.4 Å². The minimum Gasteiger partial charge on any atom is -0.338 e. The van der Waals surface area contributed by atoms with Crippen molar-refractivity contribution >= 4 is 17.8 Å². The minimum atomic E-state index is -1.35. The van der Waals surface area contributed by atoms with Gasteiger partial charge in [0, 0.05) is 5.56 Å². The van der Waals surface area contributed by atoms with Gasteiger partial charge in [0.15, 0.2) is 5.82 Å². The standard InChI is InChI=1S/C26H23F2N5O2/c1-26(2,31-23(34)18-12-14-19(27)15-13-18)24(35)30-25-29-22(20-10-6-7-11-21(20)28)33(32-25)16-17-8-4-3-5-9-17/h3-15H,16H2,1-2H3,(H,31,34)(H,30,32,35). The molecule has 0 saturated carbocycles. The van der Waals surface area contributed by atoms with Gasteiger partial charge in [0.05, 0.1) is 12.1 Å². The van der Waals surface area contributed by atoms with E-state index >= 15 is 0 Å². The molecule has 0 aliphatic carbocycles. The molecule has 1 aromatic heterocycles. The summed E-state index contributed by atoms with van der Waals surface area (Å²) in [6.45, 7) is 3.34. The molecule has 0 atom stereocenters. The van der Waals surface area contributed by atoms with E-state index in [1.165, 1.54) is 36.7 Å². The van der Waals surface area contributed by atoms with Gasteiger partial charge in [0.25, 0.3) is 11.8 Å². The van der Waals surface area contributed by atoms with E-state index in [0.717, 1.165) is 17.7 Å². The maximum absolute atomic E-state index is 14.5. The van der Waals surface area contributed by atoms with Crippen LogP contribution in [0.3, 0.4) is 0 Å². The zero-order valence-corrected chi connectivity index (χ0v) is 19.1. The SMILES string of the molecule is CC(C)(NC(=O)c1ccc(F)cc1)C(=O)Nc1nc(-c2ccccc2F)n(Cc2ccccc2)n1. The summed E-state index contributed by atoms with van der Waals surface area (Å²) in [5.41, 5.74) is 0.00793. The van der Waals surface area contributed by atoms with E-state index in [4.69, 9.17) is 0 Å². The van der Waals surface area contributed by atoms with E-state index < -0.39 is 29.0 Å². The third-order valence-corrected chi connectivity index (χ3v) is 5.29. The van der Waals surface area contributed by atoms with Crippen molar-refractivity contribution in [2.75, 3.05) is 5.32 Å². The van der Waals surface area contributed by atoms with Gasteiger partial charge < -0.3 is 5.32 Å². The summed E-state index contributed by atoms with van der Waals surface area (Å²) < 4.78 is 29.2. The molecule has 2 amide bonds. The van der Waals surface area contributed by atoms with Gasteiger partial charge in [-0.15, -0.1) is 5.10 Å². The molecule has 7 nitrogen and oxygen atoms in total. The molecule has 0 radical (unpaired) electrons. The third-order valence-electron chi connectivity index (χ3n) is 5.29. The first kappa shape index (κ1) is 23.7. The Morgan fingerprint density at radius 1 is 0.914 bits per heavy atom. The molecule has 1 heterocycles. The zero-order chi connectivity index (χ0) is 25.0. The fourth-order valence-electron chi connectivity index (χ4n) is 3.38. The summed E-state index contributed by atoms with van der Waals surface area (Å²) in [6.07, 6.45) is 0. The van der Waals surface area contributed by atoms with Crippen LogP contribution >= 0.6 is 0 Å². The van der Waals surface area contributed by atoms with Gasteiger partial charge in [-0.05, 0) is 55.8 Å². The summed E-state index contributed by atoms with van der Waals surface area (Å²) in [4.78, 5) is 29.9. The van der Waals surface area contributed by atoms with Gasteiger partial charge >= 0.3 is 0 Å². The first-order chi connectivity index (χ1) is 16.7. The number of aromatic nitrogens is 3. The number of benzene rings is 3. The number of carbonyl (C=O) groups excluding carboxylic acids is 2. The first-order valence-corrected chi connectivity index (χ1v) is 10.9. The Morgan fingerprint density at radius 2 is 1.57 bits per heavy atom. The number of nitrogens with one attached hydrogen (secondary N) is 2. The largest absolute Gasteiger partial charge is 0.338 e. The van der Waals surface area contributed by atoms with Crippen LogP contribution in [0.1, 0.15) is 29.8 Å². The van der Waals surface area contributed by atoms with Crippen molar-refractivity contribution in [2.45, 2.75) is 25.9 Å². The van der Waals surface area contributed by atoms with Gasteiger partial charge in [-0.25, -0.2) is 13.5 Å². The highest BCUT2D eigenvalue weighted by Gasteiger charge is 2.31. The number of rotatable bonds is 7. The Balaban J connectivity index is 1.57. The van der Waals surface area contributed by atoms with E-state index in [2.05, 4.69) is 20.7 Å². The summed E-state index contributed by atoms with van der Waals surface area (Å²) in [7, 11) is 0. The smallest absolute Gasteiger partial charge is 0.252 e. The molecule has 0 unspecified atom stereocenters. The lowest BCUT2D eigenvalue weighted by atomic mass is 10.0. The molecule has 4 rings (SSSR count). The predicted octanol–water partition coefficient (Wildman–Crippen LogP) is 4.42. The molecule has 0 aliphatic rings. The Morgan fingerprint density at radius 3 is 2.26 bits per heavy atom. The zero-order valence-electron chi connectivity index (χ0n) is 19.1. The Bertz CT molecular complexity index is 1350. The topological polar surface area (TPSA) is 88.9 Å². The molecular weight excluding hydrogens is 452 g/mol. The Labute approximate surface area is 200 Å². The lowest BCUT2D eigenvalue weighted by molar-refractivity contribution is -0.121. The van der Waals surface area contributed by atoms with Crippen molar-refractivity contribution in [2.24, 2.45) is 0 Å². The van der Waals surface area contributed by atoms with Crippen molar-refractivity contribution in [1.82, 2.24) is 20.1 Å². The number of anilines is 1. The van der Waals surface area contributed by atoms with Crippen LogP contribution in [0.15, 0.2) is 78.9 Å². The normalized spacial score (nSPS) is 11.2. The van der Waals surface area contributed by atoms with Crippen molar-refractivity contribution < 1.29 is 18.4 Å². The number of amides is 2. The molecule has 9 heteroatoms. The first-order valence-electron chi connectivity index (χ1n) is 10.9. The Hall–Kier alpha value is -4.40. The van der Waals surface area contributed by atoms with E-state index in [-0.39, 0.29) is 22.9 Å². The van der Waals surface area contributed by atoms with Gasteiger partial charge in [0.2, 0.25) is 5.95 Å². The number of nitrogens with zero attached hydrogens (tertiary/aromatic N) is 3. The van der Waals surface area contributed by atoms with Crippen LogP contribution in [0, 0.1) is 11.6 Å².